The van der Waals surface area contributed by atoms with Crippen molar-refractivity contribution in [3.8, 4) is 0 Å². The summed E-state index contributed by atoms with van der Waals surface area (Å²) in [6.07, 6.45) is 4.29. The van der Waals surface area contributed by atoms with E-state index in [2.05, 4.69) is 128 Å². The zero-order chi connectivity index (χ0) is 22.8. The molecule has 0 bridgehead atoms. The summed E-state index contributed by atoms with van der Waals surface area (Å²) in [5.74, 6) is 0.175. The van der Waals surface area contributed by atoms with Gasteiger partial charge in [-0.15, -0.1) is 0 Å². The van der Waals surface area contributed by atoms with Crippen LogP contribution in [0.4, 0.5) is 5.69 Å². The molecule has 2 heteroatoms. The van der Waals surface area contributed by atoms with Crippen LogP contribution in [0.15, 0.2) is 96.1 Å². The minimum atomic E-state index is 0.175. The van der Waals surface area contributed by atoms with E-state index >= 15 is 0 Å². The molecule has 4 aromatic rings. The van der Waals surface area contributed by atoms with E-state index in [0.717, 1.165) is 11.3 Å². The average molecular weight is 429 g/mol. The Kier molecular flexibility index (Phi) is 5.66. The number of anilines is 1. The van der Waals surface area contributed by atoms with Crippen molar-refractivity contribution < 1.29 is 0 Å². The molecule has 162 valence electrons. The molecule has 0 heterocycles. The van der Waals surface area contributed by atoms with E-state index < -0.39 is 0 Å². The van der Waals surface area contributed by atoms with E-state index in [9.17, 15) is 0 Å². The third kappa shape index (κ3) is 4.12. The van der Waals surface area contributed by atoms with Crippen LogP contribution in [0.3, 0.4) is 0 Å². The fourth-order valence-electron chi connectivity index (χ4n) is 4.95. The normalized spacial score (nSPS) is 14.9. The monoisotopic (exact) mass is 428 g/mol. The van der Waals surface area contributed by atoms with E-state index in [0.29, 0.717) is 0 Å². The van der Waals surface area contributed by atoms with Gasteiger partial charge in [0.05, 0.1) is 11.9 Å². The number of benzene rings is 4. The van der Waals surface area contributed by atoms with Gasteiger partial charge in [0.2, 0.25) is 0 Å². The van der Waals surface area contributed by atoms with Gasteiger partial charge in [0.15, 0.2) is 0 Å². The summed E-state index contributed by atoms with van der Waals surface area (Å²) >= 11 is 0. The predicted molar refractivity (Wildman–Crippen MR) is 141 cm³/mol. The van der Waals surface area contributed by atoms with Crippen molar-refractivity contribution in [1.29, 1.82) is 0 Å². The Morgan fingerprint density at radius 1 is 0.727 bits per heavy atom. The van der Waals surface area contributed by atoms with Crippen LogP contribution in [0.2, 0.25) is 0 Å². The van der Waals surface area contributed by atoms with Gasteiger partial charge in [-0.25, -0.2) is 0 Å². The molecule has 1 atom stereocenters. The van der Waals surface area contributed by atoms with Gasteiger partial charge < -0.3 is 0 Å². The molecule has 4 aromatic carbocycles. The molecular weight excluding hydrogens is 400 g/mol. The van der Waals surface area contributed by atoms with Crippen LogP contribution in [0.1, 0.15) is 50.4 Å². The van der Waals surface area contributed by atoms with Gasteiger partial charge in [-0.2, -0.15) is 5.10 Å². The summed E-state index contributed by atoms with van der Waals surface area (Å²) in [6, 6.07) is 32.4. The highest BCUT2D eigenvalue weighted by atomic mass is 15.3. The van der Waals surface area contributed by atoms with Crippen LogP contribution >= 0.6 is 0 Å². The van der Waals surface area contributed by atoms with Crippen molar-refractivity contribution in [1.82, 2.24) is 0 Å². The van der Waals surface area contributed by atoms with Crippen molar-refractivity contribution in [2.75, 3.05) is 5.43 Å². The van der Waals surface area contributed by atoms with Crippen molar-refractivity contribution in [2.24, 2.45) is 5.10 Å². The van der Waals surface area contributed by atoms with Crippen LogP contribution in [-0.2, 0) is 0 Å². The smallest absolute Gasteiger partial charge is 0.0620 e. The van der Waals surface area contributed by atoms with Crippen molar-refractivity contribution in [3.05, 3.63) is 136 Å². The summed E-state index contributed by atoms with van der Waals surface area (Å²) in [5.41, 5.74) is 15.7. The lowest BCUT2D eigenvalue weighted by Gasteiger charge is -2.20. The van der Waals surface area contributed by atoms with Gasteiger partial charge in [-0.3, -0.25) is 5.43 Å². The van der Waals surface area contributed by atoms with Crippen LogP contribution in [-0.4, -0.2) is 6.21 Å². The third-order valence-electron chi connectivity index (χ3n) is 6.40. The molecule has 0 saturated carbocycles. The molecule has 33 heavy (non-hydrogen) atoms. The molecule has 1 unspecified atom stereocenters. The number of hydrazone groups is 1. The summed E-state index contributed by atoms with van der Waals surface area (Å²) in [7, 11) is 0. The number of rotatable bonds is 5. The summed E-state index contributed by atoms with van der Waals surface area (Å²) in [4.78, 5) is 0. The molecule has 0 aliphatic heterocycles. The van der Waals surface area contributed by atoms with Crippen molar-refractivity contribution >= 4 is 23.6 Å². The second kappa shape index (κ2) is 8.91. The largest absolute Gasteiger partial charge is 0.278 e. The van der Waals surface area contributed by atoms with E-state index in [1.807, 2.05) is 6.21 Å². The number of nitrogens with zero attached hydrogens (tertiary/aromatic N) is 1. The molecule has 0 aromatic heterocycles. The molecule has 0 fully saturated rings. The maximum atomic E-state index is 4.65. The molecule has 1 aliphatic carbocycles. The summed E-state index contributed by atoms with van der Waals surface area (Å²) in [5, 5.41) is 4.65. The average Bonchev–Trinajstić information content (AvgIpc) is 3.21. The number of nitrogens with one attached hydrogen (secondary N) is 1. The summed E-state index contributed by atoms with van der Waals surface area (Å²) in [6.45, 7) is 6.37. The quantitative estimate of drug-likeness (QED) is 0.255. The van der Waals surface area contributed by atoms with Crippen molar-refractivity contribution in [3.63, 3.8) is 0 Å². The number of hydrogen-bond donors (Lipinski definition) is 1. The highest BCUT2D eigenvalue weighted by Crippen LogP contribution is 2.46. The SMILES string of the molecule is Cc1cc(C)c(NN=Cc2ccccc2C2C(c3ccccc3)=Cc3ccccc32)c(C)c1. The van der Waals surface area contributed by atoms with Gasteiger partial charge in [0, 0.05) is 5.92 Å². The van der Waals surface area contributed by atoms with Gasteiger partial charge in [-0.1, -0.05) is 96.6 Å². The fraction of sp³-hybridized carbons (Fsp3) is 0.129. The number of aryl methyl sites for hydroxylation is 3. The van der Waals surface area contributed by atoms with E-state index in [1.165, 1.54) is 44.5 Å². The lowest BCUT2D eigenvalue weighted by Crippen LogP contribution is -2.05. The Morgan fingerprint density at radius 2 is 1.36 bits per heavy atom. The topological polar surface area (TPSA) is 24.4 Å². The van der Waals surface area contributed by atoms with Crippen LogP contribution in [0.5, 0.6) is 0 Å². The molecule has 0 spiro atoms. The Labute approximate surface area is 196 Å². The molecular formula is C31H28N2. The van der Waals surface area contributed by atoms with E-state index in [-0.39, 0.29) is 5.92 Å². The minimum Gasteiger partial charge on any atom is -0.278 e. The van der Waals surface area contributed by atoms with Crippen LogP contribution in [0.25, 0.3) is 11.6 Å². The molecule has 5 rings (SSSR count). The number of allylic oxidation sites excluding steroid dienone is 1. The molecule has 2 nitrogen and oxygen atoms in total. The first-order valence-corrected chi connectivity index (χ1v) is 11.4. The Balaban J connectivity index is 1.53. The maximum absolute atomic E-state index is 4.65. The van der Waals surface area contributed by atoms with E-state index in [1.54, 1.807) is 0 Å². The second-order valence-corrected chi connectivity index (χ2v) is 8.80. The van der Waals surface area contributed by atoms with Crippen LogP contribution < -0.4 is 5.43 Å². The Hall–Kier alpha value is -3.91. The van der Waals surface area contributed by atoms with Gasteiger partial charge in [0.1, 0.15) is 0 Å². The molecule has 1 aliphatic rings. The molecule has 1 N–H and O–H groups in total. The highest BCUT2D eigenvalue weighted by molar-refractivity contribution is 5.95. The minimum absolute atomic E-state index is 0.175. The zero-order valence-corrected chi connectivity index (χ0v) is 19.3. The van der Waals surface area contributed by atoms with Crippen molar-refractivity contribution in [2.45, 2.75) is 26.7 Å². The maximum Gasteiger partial charge on any atom is 0.0620 e. The van der Waals surface area contributed by atoms with Gasteiger partial charge >= 0.3 is 0 Å². The predicted octanol–water partition coefficient (Wildman–Crippen LogP) is 7.74. The summed E-state index contributed by atoms with van der Waals surface area (Å²) < 4.78 is 0. The lowest BCUT2D eigenvalue weighted by atomic mass is 9.83. The zero-order valence-electron chi connectivity index (χ0n) is 19.3. The number of hydrogen-bond acceptors (Lipinski definition) is 2. The van der Waals surface area contributed by atoms with Gasteiger partial charge in [-0.05, 0) is 71.4 Å². The highest BCUT2D eigenvalue weighted by Gasteiger charge is 2.28. The first-order chi connectivity index (χ1) is 16.1. The first-order valence-electron chi connectivity index (χ1n) is 11.4. The van der Waals surface area contributed by atoms with Crippen LogP contribution in [0, 0.1) is 20.8 Å². The molecule has 0 radical (unpaired) electrons. The molecule has 0 amide bonds. The van der Waals surface area contributed by atoms with E-state index in [4.69, 9.17) is 0 Å². The fourth-order valence-corrected chi connectivity index (χ4v) is 4.95. The van der Waals surface area contributed by atoms with Gasteiger partial charge in [0.25, 0.3) is 0 Å². The number of fused-ring (bicyclic) bond motifs is 1. The third-order valence-corrected chi connectivity index (χ3v) is 6.40. The molecule has 0 saturated heterocycles. The lowest BCUT2D eigenvalue weighted by molar-refractivity contribution is 1.06. The first kappa shape index (κ1) is 21.0. The standard InChI is InChI=1S/C31H28N2/c1-21-17-22(2)31(23(3)18-21)33-32-20-26-14-8-10-16-28(26)30-27-15-9-7-13-25(27)19-29(30)24-11-5-4-6-12-24/h4-20,30,33H,1-3H3. The Bertz CT molecular complexity index is 1340. The second-order valence-electron chi connectivity index (χ2n) is 8.80. The Morgan fingerprint density at radius 3 is 2.12 bits per heavy atom.